The molecule has 5 nitrogen and oxygen atoms in total. The molecule has 0 aliphatic rings. The molecule has 166 valence electrons. The third kappa shape index (κ3) is 6.37. The van der Waals surface area contributed by atoms with Crippen molar-refractivity contribution in [3.8, 4) is 16.3 Å². The summed E-state index contributed by atoms with van der Waals surface area (Å²) in [6.45, 7) is 2.55. The van der Waals surface area contributed by atoms with Gasteiger partial charge in [0.2, 0.25) is 0 Å². The molecule has 0 unspecified atom stereocenters. The van der Waals surface area contributed by atoms with Crippen molar-refractivity contribution in [1.29, 1.82) is 0 Å². The number of carbonyl (C=O) groups excluding carboxylic acids is 1. The van der Waals surface area contributed by atoms with Gasteiger partial charge in [-0.05, 0) is 55.2 Å². The minimum Gasteiger partial charge on any atom is -0.494 e. The molecule has 4 rings (SSSR count). The van der Waals surface area contributed by atoms with Crippen molar-refractivity contribution in [2.75, 3.05) is 6.61 Å². The fourth-order valence-electron chi connectivity index (χ4n) is 3.29. The first kappa shape index (κ1) is 22.4. The summed E-state index contributed by atoms with van der Waals surface area (Å²) in [5, 5.41) is 4.90. The Morgan fingerprint density at radius 3 is 2.42 bits per heavy atom. The van der Waals surface area contributed by atoms with Crippen LogP contribution in [0, 0.1) is 6.92 Å². The van der Waals surface area contributed by atoms with E-state index in [1.165, 1.54) is 16.9 Å². The molecule has 0 fully saturated rings. The number of hydrogen-bond donors (Lipinski definition) is 1. The third-order valence-electron chi connectivity index (χ3n) is 5.01. The minimum atomic E-state index is -0.319. The van der Waals surface area contributed by atoms with Gasteiger partial charge in [-0.3, -0.25) is 4.79 Å². The zero-order chi connectivity index (χ0) is 22.9. The number of ether oxygens (including phenoxy) is 1. The summed E-state index contributed by atoms with van der Waals surface area (Å²) < 4.78 is 5.81. The Hall–Kier alpha value is -3.77. The fourth-order valence-corrected chi connectivity index (χ4v) is 4.21. The summed E-state index contributed by atoms with van der Waals surface area (Å²) in [7, 11) is 0. The number of hydrogen-bond acceptors (Lipinski definition) is 5. The molecule has 4 aromatic rings. The number of nitrogens with one attached hydrogen (secondary N) is 1. The fraction of sp³-hybridized carbons (Fsp3) is 0.148. The van der Waals surface area contributed by atoms with Crippen LogP contribution in [0.2, 0.25) is 0 Å². The van der Waals surface area contributed by atoms with E-state index in [4.69, 9.17) is 4.74 Å². The number of aryl methyl sites for hydroxylation is 2. The van der Waals surface area contributed by atoms with E-state index in [1.54, 1.807) is 6.21 Å². The van der Waals surface area contributed by atoms with Gasteiger partial charge in [0.15, 0.2) is 0 Å². The van der Waals surface area contributed by atoms with Gasteiger partial charge >= 0.3 is 0 Å². The van der Waals surface area contributed by atoms with Crippen LogP contribution in [0.4, 0.5) is 0 Å². The number of benzene rings is 3. The zero-order valence-corrected chi connectivity index (χ0v) is 19.2. The molecule has 1 N–H and O–H groups in total. The molecule has 6 heteroatoms. The van der Waals surface area contributed by atoms with Crippen molar-refractivity contribution >= 4 is 23.5 Å². The van der Waals surface area contributed by atoms with E-state index < -0.39 is 0 Å². The van der Waals surface area contributed by atoms with Gasteiger partial charge in [0.05, 0.1) is 12.8 Å². The van der Waals surface area contributed by atoms with Crippen LogP contribution < -0.4 is 10.2 Å². The van der Waals surface area contributed by atoms with Gasteiger partial charge < -0.3 is 4.74 Å². The van der Waals surface area contributed by atoms with E-state index in [0.717, 1.165) is 39.6 Å². The Morgan fingerprint density at radius 1 is 1.00 bits per heavy atom. The van der Waals surface area contributed by atoms with Gasteiger partial charge in [-0.25, -0.2) is 10.4 Å². The molecule has 0 aliphatic heterocycles. The van der Waals surface area contributed by atoms with Crippen LogP contribution >= 0.6 is 11.3 Å². The number of hydrazone groups is 1. The highest BCUT2D eigenvalue weighted by molar-refractivity contribution is 7.15. The maximum atomic E-state index is 12.5. The highest BCUT2D eigenvalue weighted by Crippen LogP contribution is 2.27. The first-order valence-electron chi connectivity index (χ1n) is 10.8. The van der Waals surface area contributed by atoms with Crippen LogP contribution in [0.25, 0.3) is 10.6 Å². The summed E-state index contributed by atoms with van der Waals surface area (Å²) in [6.07, 6.45) is 3.56. The van der Waals surface area contributed by atoms with Crippen molar-refractivity contribution in [2.24, 2.45) is 5.10 Å². The molecule has 33 heavy (non-hydrogen) atoms. The summed E-state index contributed by atoms with van der Waals surface area (Å²) in [5.74, 6) is 0.497. The lowest BCUT2D eigenvalue weighted by Crippen LogP contribution is -2.18. The predicted molar refractivity (Wildman–Crippen MR) is 134 cm³/mol. The molecule has 0 radical (unpaired) electrons. The Morgan fingerprint density at radius 2 is 1.70 bits per heavy atom. The first-order valence-corrected chi connectivity index (χ1v) is 11.6. The number of rotatable bonds is 9. The number of aromatic nitrogens is 1. The maximum absolute atomic E-state index is 12.5. The lowest BCUT2D eigenvalue weighted by Gasteiger charge is -2.06. The summed E-state index contributed by atoms with van der Waals surface area (Å²) in [5.41, 5.74) is 6.15. The van der Waals surface area contributed by atoms with Gasteiger partial charge in [0.25, 0.3) is 5.91 Å². The largest absolute Gasteiger partial charge is 0.494 e. The van der Waals surface area contributed by atoms with Gasteiger partial charge in [-0.15, -0.1) is 11.3 Å². The number of carbonyl (C=O) groups is 1. The average molecular weight is 456 g/mol. The molecule has 1 aromatic heterocycles. The van der Waals surface area contributed by atoms with Gasteiger partial charge in [-0.2, -0.15) is 5.10 Å². The van der Waals surface area contributed by atoms with E-state index in [-0.39, 0.29) is 5.91 Å². The molecule has 0 atom stereocenters. The molecular formula is C27H25N3O2S. The second-order valence-corrected chi connectivity index (χ2v) is 8.70. The molecular weight excluding hydrogens is 430 g/mol. The van der Waals surface area contributed by atoms with Gasteiger partial charge in [0.1, 0.15) is 16.5 Å². The Labute approximate surface area is 197 Å². The zero-order valence-electron chi connectivity index (χ0n) is 18.4. The summed E-state index contributed by atoms with van der Waals surface area (Å²) >= 11 is 1.50. The Balaban J connectivity index is 1.25. The van der Waals surface area contributed by atoms with E-state index >= 15 is 0 Å². The highest BCUT2D eigenvalue weighted by atomic mass is 32.1. The molecule has 1 amide bonds. The molecule has 3 aromatic carbocycles. The molecule has 0 saturated carbocycles. The predicted octanol–water partition coefficient (Wildman–Crippen LogP) is 5.89. The minimum absolute atomic E-state index is 0.319. The van der Waals surface area contributed by atoms with Crippen molar-refractivity contribution < 1.29 is 9.53 Å². The maximum Gasteiger partial charge on any atom is 0.291 e. The molecule has 0 bridgehead atoms. The Kier molecular flexibility index (Phi) is 7.61. The van der Waals surface area contributed by atoms with Crippen LogP contribution in [-0.4, -0.2) is 23.7 Å². The molecule has 0 aliphatic carbocycles. The topological polar surface area (TPSA) is 63.6 Å². The second kappa shape index (κ2) is 11.2. The smallest absolute Gasteiger partial charge is 0.291 e. The van der Waals surface area contributed by atoms with E-state index in [9.17, 15) is 4.79 Å². The number of nitrogens with zero attached hydrogens (tertiary/aromatic N) is 2. The van der Waals surface area contributed by atoms with Gasteiger partial charge in [0, 0.05) is 10.4 Å². The molecule has 0 saturated heterocycles. The van der Waals surface area contributed by atoms with Crippen LogP contribution in [0.5, 0.6) is 5.75 Å². The molecule has 0 spiro atoms. The summed E-state index contributed by atoms with van der Waals surface area (Å²) in [4.78, 5) is 17.8. The van der Waals surface area contributed by atoms with Crippen LogP contribution in [0.1, 0.15) is 32.9 Å². The van der Waals surface area contributed by atoms with E-state index in [1.807, 2.05) is 67.6 Å². The van der Waals surface area contributed by atoms with Crippen LogP contribution in [0.15, 0.2) is 90.0 Å². The molecule has 1 heterocycles. The van der Waals surface area contributed by atoms with E-state index in [0.29, 0.717) is 12.3 Å². The van der Waals surface area contributed by atoms with Crippen molar-refractivity contribution in [3.05, 3.63) is 107 Å². The average Bonchev–Trinajstić information content (AvgIpc) is 3.25. The normalized spacial score (nSPS) is 10.9. The Bertz CT molecular complexity index is 1200. The van der Waals surface area contributed by atoms with Crippen molar-refractivity contribution in [3.63, 3.8) is 0 Å². The number of amides is 1. The lowest BCUT2D eigenvalue weighted by atomic mass is 10.1. The van der Waals surface area contributed by atoms with E-state index in [2.05, 4.69) is 39.8 Å². The van der Waals surface area contributed by atoms with Crippen molar-refractivity contribution in [1.82, 2.24) is 10.4 Å². The lowest BCUT2D eigenvalue weighted by molar-refractivity contribution is 0.0950. The highest BCUT2D eigenvalue weighted by Gasteiger charge is 2.15. The van der Waals surface area contributed by atoms with Gasteiger partial charge in [-0.1, -0.05) is 60.7 Å². The monoisotopic (exact) mass is 455 g/mol. The second-order valence-electron chi connectivity index (χ2n) is 7.50. The van der Waals surface area contributed by atoms with Crippen LogP contribution in [0.3, 0.4) is 0 Å². The first-order chi connectivity index (χ1) is 16.2. The summed E-state index contributed by atoms with van der Waals surface area (Å²) in [6, 6.07) is 27.8. The standard InChI is InChI=1S/C27H25N3O2S/c1-20-25(29-27(33-20)23-12-6-3-7-13-23)26(31)30-28-19-22-14-16-24(17-15-22)32-18-8-11-21-9-4-2-5-10-21/h2-7,9-10,12-17,19H,8,11,18H2,1H3,(H,30,31)/b28-19-. The van der Waals surface area contributed by atoms with Crippen LogP contribution in [-0.2, 0) is 6.42 Å². The third-order valence-corrected chi connectivity index (χ3v) is 6.03. The van der Waals surface area contributed by atoms with Crippen molar-refractivity contribution in [2.45, 2.75) is 19.8 Å². The SMILES string of the molecule is Cc1sc(-c2ccccc2)nc1C(=O)N/N=C\c1ccc(OCCCc2ccccc2)cc1. The number of thiazole rings is 1. The quantitative estimate of drug-likeness (QED) is 0.194.